The average Bonchev–Trinajstić information content (AvgIpc) is 3.33. The summed E-state index contributed by atoms with van der Waals surface area (Å²) in [6, 6.07) is 10.1. The maximum Gasteiger partial charge on any atom is 0.416 e. The molecule has 0 amide bonds. The Morgan fingerprint density at radius 1 is 1.11 bits per heavy atom. The van der Waals surface area contributed by atoms with Gasteiger partial charge >= 0.3 is 12.1 Å². The van der Waals surface area contributed by atoms with Crippen LogP contribution in [0.2, 0.25) is 0 Å². The molecule has 0 aliphatic heterocycles. The van der Waals surface area contributed by atoms with Gasteiger partial charge in [-0.15, -0.1) is 0 Å². The summed E-state index contributed by atoms with van der Waals surface area (Å²) in [5.74, 6) is -1.80. The molecule has 182 valence electrons. The molecule has 6 nitrogen and oxygen atoms in total. The van der Waals surface area contributed by atoms with Gasteiger partial charge in [-0.3, -0.25) is 0 Å². The van der Waals surface area contributed by atoms with Crippen LogP contribution in [0.3, 0.4) is 0 Å². The highest BCUT2D eigenvalue weighted by Gasteiger charge is 2.31. The monoisotopic (exact) mass is 504 g/mol. The van der Waals surface area contributed by atoms with Gasteiger partial charge in [-0.2, -0.15) is 23.0 Å². The molecule has 0 unspecified atom stereocenters. The molecule has 0 radical (unpaired) electrons. The largest absolute Gasteiger partial charge is 0.476 e. The molecule has 0 atom stereocenters. The highest BCUT2D eigenvalue weighted by atomic mass is 32.1. The molecule has 2 N–H and O–H groups in total. The topological polar surface area (TPSA) is 80.0 Å². The SMILES string of the molecule is Cc1nn(-c2nc(-c3ccc(C(F)(F)F)cc3)c(NC(C)C)s2)c(C(=O)O)c1-c1cccc(F)c1. The predicted octanol–water partition coefficient (Wildman–Crippen LogP) is 6.65. The number of anilines is 1. The molecule has 4 aromatic rings. The van der Waals surface area contributed by atoms with Gasteiger partial charge in [-0.1, -0.05) is 35.6 Å². The summed E-state index contributed by atoms with van der Waals surface area (Å²) in [6.07, 6.45) is -4.47. The Bertz CT molecular complexity index is 1390. The van der Waals surface area contributed by atoms with E-state index in [0.717, 1.165) is 23.5 Å². The van der Waals surface area contributed by atoms with Crippen LogP contribution in [0.5, 0.6) is 0 Å². The van der Waals surface area contributed by atoms with Crippen LogP contribution >= 0.6 is 11.3 Å². The van der Waals surface area contributed by atoms with Crippen LogP contribution in [0.4, 0.5) is 22.6 Å². The number of benzene rings is 2. The molecular formula is C24H20F4N4O2S. The zero-order chi connectivity index (χ0) is 25.5. The molecule has 35 heavy (non-hydrogen) atoms. The molecule has 0 saturated carbocycles. The number of aromatic nitrogens is 3. The molecule has 0 spiro atoms. The Labute approximate surface area is 201 Å². The number of carboxylic acid groups (broad SMARTS) is 1. The van der Waals surface area contributed by atoms with Crippen molar-refractivity contribution in [3.8, 4) is 27.5 Å². The van der Waals surface area contributed by atoms with Gasteiger partial charge in [0.05, 0.1) is 11.3 Å². The van der Waals surface area contributed by atoms with Crippen molar-refractivity contribution in [3.63, 3.8) is 0 Å². The number of carbonyl (C=O) groups is 1. The lowest BCUT2D eigenvalue weighted by Crippen LogP contribution is -2.09. The molecule has 4 rings (SSSR count). The van der Waals surface area contributed by atoms with Crippen LogP contribution in [0.15, 0.2) is 48.5 Å². The van der Waals surface area contributed by atoms with Crippen molar-refractivity contribution in [3.05, 3.63) is 71.3 Å². The van der Waals surface area contributed by atoms with Crippen LogP contribution in [-0.2, 0) is 6.18 Å². The van der Waals surface area contributed by atoms with E-state index in [1.54, 1.807) is 13.0 Å². The normalized spacial score (nSPS) is 11.8. The Kier molecular flexibility index (Phi) is 6.37. The van der Waals surface area contributed by atoms with Crippen molar-refractivity contribution in [1.29, 1.82) is 0 Å². The standard InChI is InChI=1S/C24H20F4N4O2S/c1-12(2)29-21-19(14-7-9-16(10-8-14)24(26,27)28)30-23(35-21)32-20(22(33)34)18(13(3)31-32)15-5-4-6-17(25)11-15/h4-12,29H,1-3H3,(H,33,34). The smallest absolute Gasteiger partial charge is 0.416 e. The second-order valence-electron chi connectivity index (χ2n) is 8.08. The number of carboxylic acids is 1. The third-order valence-electron chi connectivity index (χ3n) is 5.08. The average molecular weight is 505 g/mol. The van der Waals surface area contributed by atoms with Gasteiger partial charge in [0.2, 0.25) is 5.13 Å². The van der Waals surface area contributed by atoms with Crippen LogP contribution in [-0.4, -0.2) is 31.9 Å². The van der Waals surface area contributed by atoms with Crippen molar-refractivity contribution >= 4 is 22.3 Å². The minimum Gasteiger partial charge on any atom is -0.476 e. The van der Waals surface area contributed by atoms with Gasteiger partial charge in [0, 0.05) is 17.2 Å². The summed E-state index contributed by atoms with van der Waals surface area (Å²) < 4.78 is 54.0. The van der Waals surface area contributed by atoms with E-state index in [4.69, 9.17) is 0 Å². The number of nitrogens with zero attached hydrogens (tertiary/aromatic N) is 3. The van der Waals surface area contributed by atoms with Crippen molar-refractivity contribution < 1.29 is 27.5 Å². The zero-order valence-electron chi connectivity index (χ0n) is 18.8. The van der Waals surface area contributed by atoms with E-state index in [-0.39, 0.29) is 22.4 Å². The molecule has 0 saturated heterocycles. The number of hydrogen-bond donors (Lipinski definition) is 2. The van der Waals surface area contributed by atoms with Crippen molar-refractivity contribution in [2.45, 2.75) is 33.0 Å². The van der Waals surface area contributed by atoms with Crippen LogP contribution in [0.1, 0.15) is 35.6 Å². The number of nitrogens with one attached hydrogen (secondary N) is 1. The number of rotatable bonds is 6. The molecule has 2 heterocycles. The number of aromatic carboxylic acids is 1. The van der Waals surface area contributed by atoms with Crippen LogP contribution in [0, 0.1) is 12.7 Å². The molecular weight excluding hydrogens is 484 g/mol. The van der Waals surface area contributed by atoms with Gasteiger partial charge in [-0.05, 0) is 50.6 Å². The van der Waals surface area contributed by atoms with Gasteiger partial charge in [0.15, 0.2) is 5.69 Å². The number of hydrogen-bond acceptors (Lipinski definition) is 5. The van der Waals surface area contributed by atoms with E-state index in [1.807, 2.05) is 13.8 Å². The maximum atomic E-state index is 13.9. The molecule has 2 aromatic heterocycles. The lowest BCUT2D eigenvalue weighted by Gasteiger charge is -2.10. The number of thiazole rings is 1. The summed E-state index contributed by atoms with van der Waals surface area (Å²) in [6.45, 7) is 5.39. The Hall–Kier alpha value is -3.73. The van der Waals surface area contributed by atoms with E-state index >= 15 is 0 Å². The second-order valence-corrected chi connectivity index (χ2v) is 9.06. The summed E-state index contributed by atoms with van der Waals surface area (Å²) in [4.78, 5) is 16.8. The lowest BCUT2D eigenvalue weighted by molar-refractivity contribution is -0.137. The van der Waals surface area contributed by atoms with E-state index in [1.165, 1.54) is 35.0 Å². The van der Waals surface area contributed by atoms with E-state index < -0.39 is 23.5 Å². The van der Waals surface area contributed by atoms with Gasteiger partial charge in [-0.25, -0.2) is 14.2 Å². The number of aryl methyl sites for hydroxylation is 1. The zero-order valence-corrected chi connectivity index (χ0v) is 19.6. The minimum absolute atomic E-state index is 0.0299. The third kappa shape index (κ3) is 4.90. The Morgan fingerprint density at radius 3 is 2.37 bits per heavy atom. The fourth-order valence-electron chi connectivity index (χ4n) is 3.62. The maximum absolute atomic E-state index is 13.9. The lowest BCUT2D eigenvalue weighted by atomic mass is 10.0. The molecule has 2 aromatic carbocycles. The molecule has 0 fully saturated rings. The fourth-order valence-corrected chi connectivity index (χ4v) is 4.72. The van der Waals surface area contributed by atoms with Crippen molar-refractivity contribution in [1.82, 2.24) is 14.8 Å². The highest BCUT2D eigenvalue weighted by molar-refractivity contribution is 7.18. The minimum atomic E-state index is -4.47. The summed E-state index contributed by atoms with van der Waals surface area (Å²) >= 11 is 1.12. The highest BCUT2D eigenvalue weighted by Crippen LogP contribution is 2.39. The summed E-state index contributed by atoms with van der Waals surface area (Å²) in [5, 5.41) is 18.3. The van der Waals surface area contributed by atoms with Gasteiger partial charge in [0.1, 0.15) is 16.5 Å². The second kappa shape index (κ2) is 9.14. The first-order valence-corrected chi connectivity index (χ1v) is 11.3. The first-order valence-electron chi connectivity index (χ1n) is 10.5. The summed E-state index contributed by atoms with van der Waals surface area (Å²) in [7, 11) is 0. The van der Waals surface area contributed by atoms with Crippen LogP contribution < -0.4 is 5.32 Å². The molecule has 0 bridgehead atoms. The summed E-state index contributed by atoms with van der Waals surface area (Å²) in [5.41, 5.74) is 0.770. The van der Waals surface area contributed by atoms with Gasteiger partial charge in [0.25, 0.3) is 0 Å². The van der Waals surface area contributed by atoms with E-state index in [9.17, 15) is 27.5 Å². The fraction of sp³-hybridized carbons (Fsp3) is 0.208. The Balaban J connectivity index is 1.88. The number of halogens is 4. The number of alkyl halides is 3. The third-order valence-corrected chi connectivity index (χ3v) is 6.04. The van der Waals surface area contributed by atoms with Crippen molar-refractivity contribution in [2.24, 2.45) is 0 Å². The molecule has 0 aliphatic carbocycles. The van der Waals surface area contributed by atoms with Gasteiger partial charge < -0.3 is 10.4 Å². The first-order chi connectivity index (χ1) is 16.5. The molecule has 0 aliphatic rings. The quantitative estimate of drug-likeness (QED) is 0.288. The van der Waals surface area contributed by atoms with Crippen molar-refractivity contribution in [2.75, 3.05) is 5.32 Å². The first kappa shape index (κ1) is 24.4. The van der Waals surface area contributed by atoms with E-state index in [0.29, 0.717) is 27.5 Å². The molecule has 11 heteroatoms. The van der Waals surface area contributed by atoms with Crippen LogP contribution in [0.25, 0.3) is 27.5 Å². The van der Waals surface area contributed by atoms with E-state index in [2.05, 4.69) is 15.4 Å². The Morgan fingerprint density at radius 2 is 1.80 bits per heavy atom. The predicted molar refractivity (Wildman–Crippen MR) is 126 cm³/mol.